The van der Waals surface area contributed by atoms with E-state index in [1.54, 1.807) is 0 Å². The van der Waals surface area contributed by atoms with Crippen molar-refractivity contribution in [3.8, 4) is 11.3 Å². The molecule has 0 amide bonds. The van der Waals surface area contributed by atoms with Crippen molar-refractivity contribution in [1.29, 1.82) is 0 Å². The van der Waals surface area contributed by atoms with Crippen molar-refractivity contribution in [3.05, 3.63) is 66.5 Å². The van der Waals surface area contributed by atoms with Crippen molar-refractivity contribution < 1.29 is 0 Å². The molecule has 1 fully saturated rings. The van der Waals surface area contributed by atoms with Crippen molar-refractivity contribution in [2.45, 2.75) is 44.7 Å². The lowest BCUT2D eigenvalue weighted by Gasteiger charge is -2.31. The lowest BCUT2D eigenvalue weighted by Crippen LogP contribution is -2.33. The predicted octanol–water partition coefficient (Wildman–Crippen LogP) is 5.50. The number of imidazole rings is 1. The highest BCUT2D eigenvalue weighted by Crippen LogP contribution is 2.30. The summed E-state index contributed by atoms with van der Waals surface area (Å²) in [5.41, 5.74) is 11.3. The highest BCUT2D eigenvalue weighted by atomic mass is 15.2. The van der Waals surface area contributed by atoms with Gasteiger partial charge in [0.15, 0.2) is 0 Å². The highest BCUT2D eigenvalue weighted by molar-refractivity contribution is 5.87. The van der Waals surface area contributed by atoms with Gasteiger partial charge in [0.25, 0.3) is 0 Å². The number of nitrogen functional groups attached to an aromatic ring is 1. The third-order valence-corrected chi connectivity index (χ3v) is 6.36. The van der Waals surface area contributed by atoms with Gasteiger partial charge in [-0.3, -0.25) is 4.90 Å². The van der Waals surface area contributed by atoms with Gasteiger partial charge in [-0.25, -0.2) is 4.98 Å². The van der Waals surface area contributed by atoms with Crippen LogP contribution in [0.5, 0.6) is 0 Å². The minimum atomic E-state index is 0.653. The van der Waals surface area contributed by atoms with Crippen molar-refractivity contribution >= 4 is 22.1 Å². The average molecular weight is 385 g/mol. The lowest BCUT2D eigenvalue weighted by atomic mass is 9.94. The number of nitrogens with zero attached hydrogens (tertiary/aromatic N) is 3. The molecule has 148 valence electrons. The maximum absolute atomic E-state index is 6.13. The minimum Gasteiger partial charge on any atom is -0.398 e. The van der Waals surface area contributed by atoms with Crippen LogP contribution in [0.1, 0.15) is 37.8 Å². The predicted molar refractivity (Wildman–Crippen MR) is 121 cm³/mol. The fourth-order valence-corrected chi connectivity index (χ4v) is 4.72. The Morgan fingerprint density at radius 2 is 1.79 bits per heavy atom. The van der Waals surface area contributed by atoms with Gasteiger partial charge in [0.2, 0.25) is 0 Å². The normalized spacial score (nSPS) is 15.5. The van der Waals surface area contributed by atoms with Gasteiger partial charge in [-0.05, 0) is 48.9 Å². The van der Waals surface area contributed by atoms with E-state index in [2.05, 4.69) is 58.8 Å². The van der Waals surface area contributed by atoms with Crippen LogP contribution in [0.15, 0.2) is 60.8 Å². The van der Waals surface area contributed by atoms with Gasteiger partial charge in [-0.1, -0.05) is 55.7 Å². The molecule has 0 bridgehead atoms. The topological polar surface area (TPSA) is 46.6 Å². The van der Waals surface area contributed by atoms with Crippen LogP contribution in [0, 0.1) is 0 Å². The number of rotatable bonds is 4. The van der Waals surface area contributed by atoms with Gasteiger partial charge < -0.3 is 10.1 Å². The van der Waals surface area contributed by atoms with Crippen LogP contribution < -0.4 is 5.73 Å². The second-order valence-electron chi connectivity index (χ2n) is 8.37. The molecule has 4 nitrogen and oxygen atoms in total. The number of nitrogens with two attached hydrogens (primary N) is 1. The summed E-state index contributed by atoms with van der Waals surface area (Å²) < 4.78 is 2.18. The van der Waals surface area contributed by atoms with E-state index in [1.807, 2.05) is 18.3 Å². The molecule has 0 saturated heterocycles. The number of hydrogen-bond acceptors (Lipinski definition) is 3. The van der Waals surface area contributed by atoms with Crippen LogP contribution in [0.4, 0.5) is 5.69 Å². The van der Waals surface area contributed by atoms with E-state index in [1.165, 1.54) is 48.6 Å². The molecule has 0 unspecified atom stereocenters. The maximum atomic E-state index is 6.13. The van der Waals surface area contributed by atoms with E-state index in [0.717, 1.165) is 29.1 Å². The van der Waals surface area contributed by atoms with Crippen LogP contribution in [0.25, 0.3) is 27.7 Å². The zero-order chi connectivity index (χ0) is 19.8. The van der Waals surface area contributed by atoms with Gasteiger partial charge >= 0.3 is 0 Å². The largest absolute Gasteiger partial charge is 0.398 e. The highest BCUT2D eigenvalue weighted by Gasteiger charge is 2.22. The lowest BCUT2D eigenvalue weighted by molar-refractivity contribution is 0.182. The van der Waals surface area contributed by atoms with Crippen LogP contribution in [-0.2, 0) is 6.54 Å². The average Bonchev–Trinajstić information content (AvgIpc) is 3.11. The zero-order valence-corrected chi connectivity index (χ0v) is 17.0. The van der Waals surface area contributed by atoms with Crippen LogP contribution >= 0.6 is 0 Å². The molecule has 2 N–H and O–H groups in total. The van der Waals surface area contributed by atoms with Gasteiger partial charge in [-0.15, -0.1) is 0 Å². The smallest absolute Gasteiger partial charge is 0.137 e. The Bertz CT molecular complexity index is 1150. The molecule has 0 spiro atoms. The first-order chi connectivity index (χ1) is 14.2. The van der Waals surface area contributed by atoms with Gasteiger partial charge in [-0.2, -0.15) is 0 Å². The Hall–Kier alpha value is -2.85. The molecule has 1 aliphatic rings. The summed E-state index contributed by atoms with van der Waals surface area (Å²) in [5, 5.41) is 2.50. The monoisotopic (exact) mass is 384 g/mol. The molecule has 0 aliphatic heterocycles. The number of pyridine rings is 1. The summed E-state index contributed by atoms with van der Waals surface area (Å²) in [6, 6.07) is 19.7. The summed E-state index contributed by atoms with van der Waals surface area (Å²) in [4.78, 5) is 7.52. The molecule has 1 aliphatic carbocycles. The summed E-state index contributed by atoms with van der Waals surface area (Å²) in [5.74, 6) is 0. The number of anilines is 1. The first kappa shape index (κ1) is 18.2. The molecule has 2 aromatic carbocycles. The summed E-state index contributed by atoms with van der Waals surface area (Å²) >= 11 is 0. The van der Waals surface area contributed by atoms with E-state index >= 15 is 0 Å². The van der Waals surface area contributed by atoms with Crippen LogP contribution in [0.3, 0.4) is 0 Å². The van der Waals surface area contributed by atoms with Crippen molar-refractivity contribution in [1.82, 2.24) is 14.3 Å². The summed E-state index contributed by atoms with van der Waals surface area (Å²) in [6.45, 7) is 0.872. The summed E-state index contributed by atoms with van der Waals surface area (Å²) in [6.07, 6.45) is 8.65. The molecular weight excluding hydrogens is 356 g/mol. The van der Waals surface area contributed by atoms with E-state index < -0.39 is 0 Å². The summed E-state index contributed by atoms with van der Waals surface area (Å²) in [7, 11) is 2.26. The fraction of sp³-hybridized carbons (Fsp3) is 0.320. The molecule has 4 heteroatoms. The number of fused-ring (bicyclic) bond motifs is 2. The fourth-order valence-electron chi connectivity index (χ4n) is 4.72. The van der Waals surface area contributed by atoms with Gasteiger partial charge in [0.05, 0.1) is 11.4 Å². The minimum absolute atomic E-state index is 0.653. The molecular formula is C25H28N4. The molecule has 0 atom stereocenters. The van der Waals surface area contributed by atoms with Crippen molar-refractivity contribution in [2.75, 3.05) is 12.8 Å². The Morgan fingerprint density at radius 3 is 2.62 bits per heavy atom. The van der Waals surface area contributed by atoms with Gasteiger partial charge in [0.1, 0.15) is 5.65 Å². The van der Waals surface area contributed by atoms with Crippen LogP contribution in [0.2, 0.25) is 0 Å². The number of hydrogen-bond donors (Lipinski definition) is 1. The Balaban J connectivity index is 1.60. The van der Waals surface area contributed by atoms with Crippen LogP contribution in [-0.4, -0.2) is 27.4 Å². The van der Waals surface area contributed by atoms with Gasteiger partial charge in [0, 0.05) is 30.0 Å². The first-order valence-electron chi connectivity index (χ1n) is 10.6. The maximum Gasteiger partial charge on any atom is 0.137 e. The first-order valence-corrected chi connectivity index (χ1v) is 10.6. The van der Waals surface area contributed by atoms with E-state index in [0.29, 0.717) is 6.04 Å². The Labute approximate surface area is 172 Å². The van der Waals surface area contributed by atoms with E-state index in [4.69, 9.17) is 10.7 Å². The number of aromatic nitrogens is 2. The molecule has 1 saturated carbocycles. The standard InChI is InChI=1S/C25H28N4/c1-28(22-9-3-2-4-10-22)17-23-25(27-24-14-13-21(26)16-29(23)24)20-12-11-18-7-5-6-8-19(18)15-20/h5-8,11-16,22H,2-4,9-10,17,26H2,1H3. The second-order valence-corrected chi connectivity index (χ2v) is 8.37. The molecule has 2 heterocycles. The molecule has 5 rings (SSSR count). The molecule has 4 aromatic rings. The van der Waals surface area contributed by atoms with Crippen molar-refractivity contribution in [2.24, 2.45) is 0 Å². The molecule has 0 radical (unpaired) electrons. The zero-order valence-electron chi connectivity index (χ0n) is 17.0. The SMILES string of the molecule is CN(Cc1c(-c2ccc3ccccc3c2)nc2ccc(N)cn12)C1CCCCC1. The second kappa shape index (κ2) is 7.53. The van der Waals surface area contributed by atoms with Crippen molar-refractivity contribution in [3.63, 3.8) is 0 Å². The number of benzene rings is 2. The molecule has 2 aromatic heterocycles. The Morgan fingerprint density at radius 1 is 1.00 bits per heavy atom. The molecule has 29 heavy (non-hydrogen) atoms. The third kappa shape index (κ3) is 3.49. The van der Waals surface area contributed by atoms with E-state index in [9.17, 15) is 0 Å². The quantitative estimate of drug-likeness (QED) is 0.505. The Kier molecular flexibility index (Phi) is 4.72. The third-order valence-electron chi connectivity index (χ3n) is 6.36. The van der Waals surface area contributed by atoms with E-state index in [-0.39, 0.29) is 0 Å².